The SMILES string of the molecule is CCn1c(-c2cccnc2[C@H](C)O)c2c3cc(ccc31)-c1cccc(c1)C[C@H](NC(=O)[C@H](C1CCCC1)N1CC[C@]3(CCN(C(=O)[C@H]4[C@@H](C5CC5)N4C)C3)C1)C(=O)N1CCC[C@H](N1)C(=O)OCC(C)(C)C2. The smallest absolute Gasteiger partial charge is 0.324 e. The highest BCUT2D eigenvalue weighted by Gasteiger charge is 2.59. The summed E-state index contributed by atoms with van der Waals surface area (Å²) in [5, 5.41) is 17.0. The van der Waals surface area contributed by atoms with Crippen LogP contribution in [-0.2, 0) is 43.3 Å². The molecule has 8 atom stereocenters. The molecule has 7 heterocycles. The Morgan fingerprint density at radius 3 is 2.51 bits per heavy atom. The molecular formula is C57H74N8O6. The molecule has 2 aromatic heterocycles. The van der Waals surface area contributed by atoms with Gasteiger partial charge in [-0.3, -0.25) is 39.0 Å². The number of rotatable bonds is 9. The third-order valence-corrected chi connectivity index (χ3v) is 17.5. The molecule has 11 rings (SSSR count). The summed E-state index contributed by atoms with van der Waals surface area (Å²) in [4.78, 5) is 69.5. The van der Waals surface area contributed by atoms with Crippen LogP contribution in [0.15, 0.2) is 60.8 Å². The van der Waals surface area contributed by atoms with E-state index < -0.39 is 29.6 Å². The number of benzene rings is 2. The van der Waals surface area contributed by atoms with E-state index in [1.54, 1.807) is 18.1 Å². The van der Waals surface area contributed by atoms with Crippen LogP contribution >= 0.6 is 0 Å². The zero-order chi connectivity index (χ0) is 49.3. The topological polar surface area (TPSA) is 152 Å². The van der Waals surface area contributed by atoms with Gasteiger partial charge in [-0.05, 0) is 144 Å². The molecular weight excluding hydrogens is 893 g/mol. The van der Waals surface area contributed by atoms with Crippen LogP contribution in [0.3, 0.4) is 0 Å². The summed E-state index contributed by atoms with van der Waals surface area (Å²) in [5.74, 6) is 0.354. The van der Waals surface area contributed by atoms with Gasteiger partial charge in [0.25, 0.3) is 5.91 Å². The molecule has 71 heavy (non-hydrogen) atoms. The molecule has 14 heteroatoms. The van der Waals surface area contributed by atoms with Gasteiger partial charge >= 0.3 is 5.97 Å². The van der Waals surface area contributed by atoms with Crippen molar-refractivity contribution in [1.82, 2.24) is 40.0 Å². The number of likely N-dealkylation sites (tertiary alicyclic amines) is 2. The Kier molecular flexibility index (Phi) is 12.9. The summed E-state index contributed by atoms with van der Waals surface area (Å²) < 4.78 is 8.49. The highest BCUT2D eigenvalue weighted by Crippen LogP contribution is 2.49. The third-order valence-electron chi connectivity index (χ3n) is 17.5. The molecule has 378 valence electrons. The lowest BCUT2D eigenvalue weighted by Gasteiger charge is -2.37. The summed E-state index contributed by atoms with van der Waals surface area (Å²) in [6.45, 7) is 12.4. The van der Waals surface area contributed by atoms with Gasteiger partial charge in [-0.25, -0.2) is 5.43 Å². The molecule has 3 N–H and O–H groups in total. The Balaban J connectivity index is 0.915. The number of carbonyl (C=O) groups excluding carboxylic acids is 4. The number of cyclic esters (lactones) is 1. The number of aromatic nitrogens is 2. The van der Waals surface area contributed by atoms with Crippen molar-refractivity contribution >= 4 is 34.6 Å². The Labute approximate surface area is 418 Å². The number of aliphatic hydroxyl groups excluding tert-OH is 1. The molecule has 6 bridgehead atoms. The van der Waals surface area contributed by atoms with Gasteiger partial charge < -0.3 is 24.6 Å². The average Bonchev–Trinajstić information content (AvgIpc) is 4.02. The van der Waals surface area contributed by atoms with Crippen LogP contribution in [-0.4, -0.2) is 135 Å². The molecule has 1 unspecified atom stereocenters. The Bertz CT molecular complexity index is 2710. The van der Waals surface area contributed by atoms with Crippen LogP contribution in [0.25, 0.3) is 33.3 Å². The minimum Gasteiger partial charge on any atom is -0.464 e. The summed E-state index contributed by atoms with van der Waals surface area (Å²) in [7, 11) is 2.10. The number of hydrazine groups is 1. The van der Waals surface area contributed by atoms with Gasteiger partial charge in [-0.15, -0.1) is 0 Å². The number of aryl methyl sites for hydroxylation is 1. The maximum absolute atomic E-state index is 15.2. The largest absolute Gasteiger partial charge is 0.464 e. The van der Waals surface area contributed by atoms with Crippen molar-refractivity contribution < 1.29 is 29.0 Å². The first kappa shape index (κ1) is 48.1. The highest BCUT2D eigenvalue weighted by atomic mass is 16.5. The summed E-state index contributed by atoms with van der Waals surface area (Å²) in [6, 6.07) is 17.3. The van der Waals surface area contributed by atoms with Gasteiger partial charge in [0, 0.05) is 78.7 Å². The monoisotopic (exact) mass is 967 g/mol. The van der Waals surface area contributed by atoms with E-state index in [1.807, 2.05) is 24.3 Å². The molecule has 2 aliphatic carbocycles. The Morgan fingerprint density at radius 2 is 1.73 bits per heavy atom. The number of hydrogen-bond acceptors (Lipinski definition) is 10. The number of aliphatic hydroxyl groups is 1. The van der Waals surface area contributed by atoms with Gasteiger partial charge in [0.05, 0.1) is 30.1 Å². The molecule has 3 amide bonds. The van der Waals surface area contributed by atoms with Gasteiger partial charge in [0.15, 0.2) is 0 Å². The van der Waals surface area contributed by atoms with Crippen LogP contribution in [0.5, 0.6) is 0 Å². The zero-order valence-corrected chi connectivity index (χ0v) is 42.5. The first-order chi connectivity index (χ1) is 34.2. The molecule has 0 radical (unpaired) electrons. The average molecular weight is 967 g/mol. The molecule has 14 nitrogen and oxygen atoms in total. The van der Waals surface area contributed by atoms with Crippen LogP contribution in [0.1, 0.15) is 115 Å². The van der Waals surface area contributed by atoms with E-state index >= 15 is 9.59 Å². The van der Waals surface area contributed by atoms with Crippen LogP contribution in [0.2, 0.25) is 0 Å². The second-order valence-corrected chi connectivity index (χ2v) is 23.3. The van der Waals surface area contributed by atoms with E-state index in [4.69, 9.17) is 4.74 Å². The molecule has 7 aliphatic rings. The zero-order valence-electron chi connectivity index (χ0n) is 42.5. The molecule has 1 spiro atoms. The lowest BCUT2D eigenvalue weighted by Crippen LogP contribution is -2.62. The standard InChI is InChI=1S/C57H74N8O6/c1-6-64-46-21-20-40-30-42(46)43(50(64)41-16-10-24-58-47(41)35(2)66)31-56(3,4)34-71-55(70)44-17-11-25-65(60-44)53(68)45(29-36-12-9-15-39(40)28-36)59-52(67)49(37-13-7-8-14-37)62-26-22-57(32-62)23-27-63(33-57)54(69)51-48(61(51)5)38-18-19-38/h9-10,12,15-16,20-21,24,28,30,35,37-38,44-45,48-49,51,60,66H,6-8,11,13-14,17-19,22-23,25-27,29,31-34H2,1-5H3,(H,59,67)/t35-,44-,45-,48+,49-,51+,57-,61?/m0/s1. The van der Waals surface area contributed by atoms with Crippen LogP contribution < -0.4 is 10.7 Å². The number of likely N-dealkylation sites (N-methyl/N-ethyl adjacent to an activating group) is 1. The molecule has 4 aromatic rings. The molecule has 2 saturated carbocycles. The highest BCUT2D eigenvalue weighted by molar-refractivity contribution is 5.96. The van der Waals surface area contributed by atoms with E-state index in [2.05, 4.69) is 93.1 Å². The van der Waals surface area contributed by atoms with E-state index in [0.717, 1.165) is 109 Å². The first-order valence-electron chi connectivity index (χ1n) is 26.9. The fraction of sp³-hybridized carbons (Fsp3) is 0.596. The third kappa shape index (κ3) is 9.31. The maximum atomic E-state index is 15.2. The number of nitrogens with one attached hydrogen (secondary N) is 2. The fourth-order valence-corrected chi connectivity index (χ4v) is 13.7. The lowest BCUT2D eigenvalue weighted by molar-refractivity contribution is -0.155. The van der Waals surface area contributed by atoms with Crippen molar-refractivity contribution in [3.8, 4) is 22.4 Å². The quantitative estimate of drug-likeness (QED) is 0.123. The Morgan fingerprint density at radius 1 is 0.944 bits per heavy atom. The maximum Gasteiger partial charge on any atom is 0.324 e. The van der Waals surface area contributed by atoms with Crippen molar-refractivity contribution in [2.24, 2.45) is 22.7 Å². The summed E-state index contributed by atoms with van der Waals surface area (Å²) in [5.41, 5.74) is 10.3. The van der Waals surface area contributed by atoms with Crippen molar-refractivity contribution in [3.63, 3.8) is 0 Å². The number of amides is 3. The normalized spacial score (nSPS) is 29.1. The minimum atomic E-state index is -0.898. The summed E-state index contributed by atoms with van der Waals surface area (Å²) >= 11 is 0. The second-order valence-electron chi connectivity index (χ2n) is 23.3. The number of ether oxygens (including phenoxy) is 1. The van der Waals surface area contributed by atoms with Crippen molar-refractivity contribution in [2.75, 3.05) is 46.4 Å². The predicted molar refractivity (Wildman–Crippen MR) is 272 cm³/mol. The minimum absolute atomic E-state index is 0.0256. The molecule has 2 aromatic carbocycles. The van der Waals surface area contributed by atoms with Gasteiger partial charge in [-0.1, -0.05) is 57.0 Å². The number of pyridine rings is 1. The van der Waals surface area contributed by atoms with Crippen molar-refractivity contribution in [2.45, 2.75) is 148 Å². The lowest BCUT2D eigenvalue weighted by atomic mass is 9.84. The fourth-order valence-electron chi connectivity index (χ4n) is 13.7. The van der Waals surface area contributed by atoms with Gasteiger partial charge in [0.2, 0.25) is 11.8 Å². The number of esters is 1. The van der Waals surface area contributed by atoms with Crippen LogP contribution in [0, 0.1) is 22.7 Å². The predicted octanol–water partition coefficient (Wildman–Crippen LogP) is 6.67. The van der Waals surface area contributed by atoms with E-state index in [1.165, 1.54) is 12.8 Å². The van der Waals surface area contributed by atoms with Crippen molar-refractivity contribution in [3.05, 3.63) is 77.6 Å². The van der Waals surface area contributed by atoms with E-state index in [-0.39, 0.29) is 54.2 Å². The number of hydrogen-bond donors (Lipinski definition) is 3. The first-order valence-corrected chi connectivity index (χ1v) is 26.9. The van der Waals surface area contributed by atoms with Gasteiger partial charge in [0.1, 0.15) is 18.1 Å². The van der Waals surface area contributed by atoms with E-state index in [0.29, 0.717) is 50.0 Å². The molecule has 6 fully saturated rings. The van der Waals surface area contributed by atoms with Crippen LogP contribution in [0.4, 0.5) is 0 Å². The molecule has 4 saturated heterocycles. The number of nitrogens with zero attached hydrogens (tertiary/aromatic N) is 6. The number of carbonyl (C=O) groups is 4. The van der Waals surface area contributed by atoms with E-state index in [9.17, 15) is 14.7 Å². The number of fused-ring (bicyclic) bond motifs is 6. The van der Waals surface area contributed by atoms with Crippen molar-refractivity contribution in [1.29, 1.82) is 0 Å². The molecule has 5 aliphatic heterocycles. The Hall–Kier alpha value is -5.15. The van der Waals surface area contributed by atoms with Gasteiger partial charge in [-0.2, -0.15) is 0 Å². The second kappa shape index (κ2) is 19.0. The summed E-state index contributed by atoms with van der Waals surface area (Å²) in [6.07, 6.45) is 11.4.